The Morgan fingerprint density at radius 2 is 1.94 bits per heavy atom. The van der Waals surface area contributed by atoms with Crippen molar-refractivity contribution in [2.45, 2.75) is 32.3 Å². The molecule has 1 aromatic heterocycles. The Balaban J connectivity index is 2.09. The summed E-state index contributed by atoms with van der Waals surface area (Å²) >= 11 is 3.95. The molecule has 1 nitrogen and oxygen atoms in total. The molecule has 1 unspecified atom stereocenters. The van der Waals surface area contributed by atoms with E-state index in [0.717, 1.165) is 17.5 Å². The van der Waals surface area contributed by atoms with Crippen LogP contribution >= 0.6 is 33.9 Å². The lowest BCUT2D eigenvalue weighted by Gasteiger charge is -2.10. The Hall–Kier alpha value is -0.390. The zero-order valence-corrected chi connectivity index (χ0v) is 13.4. The maximum atomic E-state index is 10.3. The zero-order valence-electron chi connectivity index (χ0n) is 10.4. The van der Waals surface area contributed by atoms with E-state index in [2.05, 4.69) is 41.6 Å². The molecule has 0 aliphatic heterocycles. The first-order chi connectivity index (χ1) is 8.70. The highest BCUT2D eigenvalue weighted by Crippen LogP contribution is 2.27. The largest absolute Gasteiger partial charge is 0.384 e. The molecular formula is C15H17IOS. The predicted molar refractivity (Wildman–Crippen MR) is 86.2 cm³/mol. The van der Waals surface area contributed by atoms with Crippen molar-refractivity contribution < 1.29 is 5.11 Å². The van der Waals surface area contributed by atoms with Crippen molar-refractivity contribution in [2.24, 2.45) is 0 Å². The van der Waals surface area contributed by atoms with Crippen LogP contribution in [0.1, 0.15) is 42.6 Å². The van der Waals surface area contributed by atoms with Gasteiger partial charge in [0.15, 0.2) is 0 Å². The Labute approximate surface area is 126 Å². The summed E-state index contributed by atoms with van der Waals surface area (Å²) in [6.45, 7) is 2.20. The van der Waals surface area contributed by atoms with Crippen LogP contribution in [0.5, 0.6) is 0 Å². The Morgan fingerprint density at radius 1 is 1.22 bits per heavy atom. The zero-order chi connectivity index (χ0) is 13.0. The van der Waals surface area contributed by atoms with Crippen LogP contribution in [0.2, 0.25) is 0 Å². The lowest BCUT2D eigenvalue weighted by Crippen LogP contribution is -1.98. The van der Waals surface area contributed by atoms with Gasteiger partial charge in [0.2, 0.25) is 0 Å². The van der Waals surface area contributed by atoms with Gasteiger partial charge in [0, 0.05) is 0 Å². The molecule has 1 aromatic carbocycles. The van der Waals surface area contributed by atoms with Crippen LogP contribution in [0.25, 0.3) is 0 Å². The lowest BCUT2D eigenvalue weighted by molar-refractivity contribution is 0.221. The Bertz CT molecular complexity index is 489. The normalized spacial score (nSPS) is 12.6. The van der Waals surface area contributed by atoms with Gasteiger partial charge in [-0.05, 0) is 63.6 Å². The number of unbranched alkanes of at least 4 members (excludes halogenated alkanes) is 1. The van der Waals surface area contributed by atoms with Crippen LogP contribution in [0.4, 0.5) is 0 Å². The molecule has 2 aromatic rings. The van der Waals surface area contributed by atoms with E-state index < -0.39 is 6.10 Å². The van der Waals surface area contributed by atoms with Gasteiger partial charge in [0.1, 0.15) is 6.10 Å². The molecule has 1 heterocycles. The van der Waals surface area contributed by atoms with Crippen molar-refractivity contribution in [3.63, 3.8) is 0 Å². The molecule has 0 bridgehead atoms. The fourth-order valence-electron chi connectivity index (χ4n) is 1.91. The number of aliphatic hydroxyl groups is 1. The van der Waals surface area contributed by atoms with Crippen LogP contribution < -0.4 is 0 Å². The summed E-state index contributed by atoms with van der Waals surface area (Å²) in [4.78, 5) is 0. The second-order valence-electron chi connectivity index (χ2n) is 4.43. The van der Waals surface area contributed by atoms with E-state index in [1.807, 2.05) is 23.6 Å². The second-order valence-corrected chi connectivity index (χ2v) is 7.24. The molecule has 0 aliphatic rings. The molecule has 96 valence electrons. The number of halogens is 1. The van der Waals surface area contributed by atoms with Crippen LogP contribution in [0.3, 0.4) is 0 Å². The van der Waals surface area contributed by atoms with E-state index in [9.17, 15) is 5.11 Å². The first-order valence-corrected chi connectivity index (χ1v) is 8.17. The smallest absolute Gasteiger partial charge is 0.105 e. The Kier molecular flexibility index (Phi) is 5.21. The van der Waals surface area contributed by atoms with Crippen LogP contribution in [-0.4, -0.2) is 5.11 Å². The summed E-state index contributed by atoms with van der Waals surface area (Å²) in [5.74, 6) is 0. The van der Waals surface area contributed by atoms with Gasteiger partial charge in [-0.2, -0.15) is 0 Å². The van der Waals surface area contributed by atoms with E-state index in [1.54, 1.807) is 11.3 Å². The third-order valence-corrected chi connectivity index (χ3v) is 4.83. The monoisotopic (exact) mass is 372 g/mol. The lowest BCUT2D eigenvalue weighted by atomic mass is 10.0. The molecular weight excluding hydrogens is 355 g/mol. The fourth-order valence-corrected chi connectivity index (χ4v) is 3.30. The topological polar surface area (TPSA) is 20.2 Å². The van der Waals surface area contributed by atoms with Crippen molar-refractivity contribution >= 4 is 33.9 Å². The SMILES string of the molecule is CCCCc1ccc(C(O)c2csc(I)c2)cc1. The van der Waals surface area contributed by atoms with Gasteiger partial charge < -0.3 is 5.11 Å². The number of rotatable bonds is 5. The van der Waals surface area contributed by atoms with Crippen LogP contribution in [0.15, 0.2) is 35.7 Å². The van der Waals surface area contributed by atoms with E-state index >= 15 is 0 Å². The second kappa shape index (κ2) is 6.68. The molecule has 0 amide bonds. The standard InChI is InChI=1S/C15H17IOS/c1-2-3-4-11-5-7-12(8-6-11)15(17)13-9-14(16)18-10-13/h5-10,15,17H,2-4H2,1H3. The third kappa shape index (κ3) is 3.56. The average molecular weight is 372 g/mol. The highest BCUT2D eigenvalue weighted by atomic mass is 127. The van der Waals surface area contributed by atoms with Crippen LogP contribution in [-0.2, 0) is 6.42 Å². The molecule has 18 heavy (non-hydrogen) atoms. The van der Waals surface area contributed by atoms with Gasteiger partial charge in [-0.3, -0.25) is 0 Å². The van der Waals surface area contributed by atoms with Gasteiger partial charge in [0.05, 0.1) is 2.88 Å². The molecule has 1 N–H and O–H groups in total. The molecule has 0 radical (unpaired) electrons. The van der Waals surface area contributed by atoms with E-state index in [-0.39, 0.29) is 0 Å². The first kappa shape index (κ1) is 14.0. The summed E-state index contributed by atoms with van der Waals surface area (Å²) in [5.41, 5.74) is 3.32. The van der Waals surface area contributed by atoms with Crippen molar-refractivity contribution in [1.82, 2.24) is 0 Å². The van der Waals surface area contributed by atoms with Crippen molar-refractivity contribution in [3.8, 4) is 0 Å². The fraction of sp³-hybridized carbons (Fsp3) is 0.333. The number of aliphatic hydroxyl groups excluding tert-OH is 1. The minimum Gasteiger partial charge on any atom is -0.384 e. The van der Waals surface area contributed by atoms with Crippen molar-refractivity contribution in [3.05, 3.63) is 55.3 Å². The predicted octanol–water partition coefficient (Wildman–Crippen LogP) is 4.78. The van der Waals surface area contributed by atoms with Gasteiger partial charge in [-0.25, -0.2) is 0 Å². The molecule has 0 saturated carbocycles. The number of hydrogen-bond donors (Lipinski definition) is 1. The maximum absolute atomic E-state index is 10.3. The number of hydrogen-bond acceptors (Lipinski definition) is 2. The van der Waals surface area contributed by atoms with Gasteiger partial charge in [0.25, 0.3) is 0 Å². The summed E-state index contributed by atoms with van der Waals surface area (Å²) in [7, 11) is 0. The first-order valence-electron chi connectivity index (χ1n) is 6.21. The highest BCUT2D eigenvalue weighted by molar-refractivity contribution is 14.1. The third-order valence-electron chi connectivity index (χ3n) is 3.02. The summed E-state index contributed by atoms with van der Waals surface area (Å²) < 4.78 is 1.21. The number of aryl methyl sites for hydroxylation is 1. The molecule has 1 atom stereocenters. The molecule has 2 rings (SSSR count). The average Bonchev–Trinajstić information content (AvgIpc) is 2.83. The van der Waals surface area contributed by atoms with E-state index in [0.29, 0.717) is 0 Å². The van der Waals surface area contributed by atoms with Gasteiger partial charge >= 0.3 is 0 Å². The minimum absolute atomic E-state index is 0.495. The number of thiophene rings is 1. The van der Waals surface area contributed by atoms with Crippen molar-refractivity contribution in [2.75, 3.05) is 0 Å². The summed E-state index contributed by atoms with van der Waals surface area (Å²) in [6.07, 6.45) is 3.08. The maximum Gasteiger partial charge on any atom is 0.105 e. The molecule has 0 saturated heterocycles. The quantitative estimate of drug-likeness (QED) is 0.750. The minimum atomic E-state index is -0.495. The van der Waals surface area contributed by atoms with E-state index in [1.165, 1.54) is 21.3 Å². The van der Waals surface area contributed by atoms with Crippen molar-refractivity contribution in [1.29, 1.82) is 0 Å². The summed E-state index contributed by atoms with van der Waals surface area (Å²) in [6, 6.07) is 10.4. The highest BCUT2D eigenvalue weighted by Gasteiger charge is 2.11. The van der Waals surface area contributed by atoms with Crippen LogP contribution in [0, 0.1) is 2.88 Å². The summed E-state index contributed by atoms with van der Waals surface area (Å²) in [5, 5.41) is 12.3. The van der Waals surface area contributed by atoms with E-state index in [4.69, 9.17) is 0 Å². The molecule has 3 heteroatoms. The van der Waals surface area contributed by atoms with Gasteiger partial charge in [-0.15, -0.1) is 11.3 Å². The molecule has 0 spiro atoms. The molecule has 0 aliphatic carbocycles. The van der Waals surface area contributed by atoms with Gasteiger partial charge in [-0.1, -0.05) is 37.6 Å². The number of benzene rings is 1. The Morgan fingerprint density at radius 3 is 2.50 bits per heavy atom. The molecule has 0 fully saturated rings.